The van der Waals surface area contributed by atoms with Crippen LogP contribution in [0.4, 0.5) is 10.2 Å². The Bertz CT molecular complexity index is 1630. The molecule has 1 saturated carbocycles. The van der Waals surface area contributed by atoms with Gasteiger partial charge in [-0.1, -0.05) is 0 Å². The summed E-state index contributed by atoms with van der Waals surface area (Å²) in [4.78, 5) is 21.8. The zero-order valence-electron chi connectivity index (χ0n) is 22.0. The smallest absolute Gasteiger partial charge is 0.216 e. The quantitative estimate of drug-likeness (QED) is 0.327. The first-order valence-corrected chi connectivity index (χ1v) is 14.8. The SMILES string of the molecule is COc1cc(-c2nc(-c3ccc(F)cc3)[nH]c2-c2ccnc(CC3CCN(S(=O)(=O)C4CC4)CC3)n2)cnc1N. The average Bonchev–Trinajstić information content (AvgIpc) is 3.74. The predicted octanol–water partition coefficient (Wildman–Crippen LogP) is 4.07. The fourth-order valence-corrected chi connectivity index (χ4v) is 6.97. The van der Waals surface area contributed by atoms with Gasteiger partial charge in [-0.25, -0.2) is 37.0 Å². The van der Waals surface area contributed by atoms with Gasteiger partial charge < -0.3 is 15.5 Å². The van der Waals surface area contributed by atoms with Crippen LogP contribution in [0.2, 0.25) is 0 Å². The number of anilines is 1. The van der Waals surface area contributed by atoms with Gasteiger partial charge in [0.15, 0.2) is 11.6 Å². The van der Waals surface area contributed by atoms with Crippen molar-refractivity contribution in [2.75, 3.05) is 25.9 Å². The van der Waals surface area contributed by atoms with E-state index in [0.29, 0.717) is 71.0 Å². The maximum Gasteiger partial charge on any atom is 0.216 e. The largest absolute Gasteiger partial charge is 0.493 e. The number of piperidine rings is 1. The van der Waals surface area contributed by atoms with E-state index in [2.05, 4.69) is 15.0 Å². The molecule has 6 rings (SSSR count). The Hall–Kier alpha value is -3.90. The van der Waals surface area contributed by atoms with E-state index in [9.17, 15) is 12.8 Å². The standard InChI is InChI=1S/C28H30FN7O3S/c1-39-23-15-19(16-32-27(23)30)25-26(35-28(34-25)18-2-4-20(29)5-3-18)22-8-11-31-24(33-22)14-17-9-12-36(13-10-17)40(37,38)21-6-7-21/h2-5,8,11,15-17,21H,6-7,9-10,12-14H2,1H3,(H2,30,32)(H,34,35). The lowest BCUT2D eigenvalue weighted by atomic mass is 9.94. The number of nitrogens with one attached hydrogen (secondary N) is 1. The molecule has 1 saturated heterocycles. The first-order valence-electron chi connectivity index (χ1n) is 13.3. The highest BCUT2D eigenvalue weighted by atomic mass is 32.2. The van der Waals surface area contributed by atoms with E-state index in [-0.39, 0.29) is 16.9 Å². The van der Waals surface area contributed by atoms with E-state index in [4.69, 9.17) is 20.4 Å². The number of nitrogen functional groups attached to an aromatic ring is 1. The molecule has 2 fully saturated rings. The average molecular weight is 564 g/mol. The molecule has 0 radical (unpaired) electrons. The van der Waals surface area contributed by atoms with Crippen molar-refractivity contribution in [2.24, 2.45) is 5.92 Å². The van der Waals surface area contributed by atoms with Crippen molar-refractivity contribution in [1.82, 2.24) is 29.2 Å². The van der Waals surface area contributed by atoms with Crippen LogP contribution in [0.3, 0.4) is 0 Å². The summed E-state index contributed by atoms with van der Waals surface area (Å²) < 4.78 is 45.8. The monoisotopic (exact) mass is 563 g/mol. The van der Waals surface area contributed by atoms with Gasteiger partial charge in [0.05, 0.1) is 23.7 Å². The fraction of sp³-hybridized carbons (Fsp3) is 0.357. The van der Waals surface area contributed by atoms with Crippen LogP contribution in [0.25, 0.3) is 34.0 Å². The maximum atomic E-state index is 13.6. The Balaban J connectivity index is 1.29. The minimum atomic E-state index is -3.14. The lowest BCUT2D eigenvalue weighted by Crippen LogP contribution is -2.40. The second-order valence-corrected chi connectivity index (χ2v) is 12.5. The highest BCUT2D eigenvalue weighted by Crippen LogP contribution is 2.36. The summed E-state index contributed by atoms with van der Waals surface area (Å²) in [5.74, 6) is 1.88. The van der Waals surface area contributed by atoms with Gasteiger partial charge in [0.25, 0.3) is 0 Å². The molecule has 0 unspecified atom stereocenters. The number of methoxy groups -OCH3 is 1. The fourth-order valence-electron chi connectivity index (χ4n) is 5.10. The van der Waals surface area contributed by atoms with Crippen LogP contribution in [-0.2, 0) is 16.4 Å². The molecule has 3 aromatic heterocycles. The van der Waals surface area contributed by atoms with Gasteiger partial charge in [-0.3, -0.25) is 0 Å². The molecule has 10 nitrogen and oxygen atoms in total. The molecule has 40 heavy (non-hydrogen) atoms. The van der Waals surface area contributed by atoms with Crippen molar-refractivity contribution in [3.8, 4) is 39.8 Å². The number of nitrogens with zero attached hydrogens (tertiary/aromatic N) is 5. The Morgan fingerprint density at radius 1 is 1.05 bits per heavy atom. The topological polar surface area (TPSA) is 140 Å². The van der Waals surface area contributed by atoms with Crippen molar-refractivity contribution in [1.29, 1.82) is 0 Å². The third kappa shape index (κ3) is 5.28. The summed E-state index contributed by atoms with van der Waals surface area (Å²) in [7, 11) is -1.62. The van der Waals surface area contributed by atoms with E-state index in [0.717, 1.165) is 25.7 Å². The van der Waals surface area contributed by atoms with Crippen molar-refractivity contribution < 1.29 is 17.5 Å². The number of imidazole rings is 1. The van der Waals surface area contributed by atoms with E-state index >= 15 is 0 Å². The van der Waals surface area contributed by atoms with Gasteiger partial charge in [-0.2, -0.15) is 0 Å². The normalized spacial score (nSPS) is 16.8. The molecule has 1 aliphatic heterocycles. The summed E-state index contributed by atoms with van der Waals surface area (Å²) in [5.41, 5.74) is 9.22. The van der Waals surface area contributed by atoms with Gasteiger partial charge >= 0.3 is 0 Å². The summed E-state index contributed by atoms with van der Waals surface area (Å²) in [6.45, 7) is 1.09. The number of rotatable bonds is 8. The lowest BCUT2D eigenvalue weighted by molar-refractivity contribution is 0.270. The number of ether oxygens (including phenoxy) is 1. The second kappa shape index (κ2) is 10.6. The van der Waals surface area contributed by atoms with Crippen LogP contribution < -0.4 is 10.5 Å². The Labute approximate surface area is 231 Å². The summed E-state index contributed by atoms with van der Waals surface area (Å²) >= 11 is 0. The zero-order chi connectivity index (χ0) is 27.9. The minimum absolute atomic E-state index is 0.177. The van der Waals surface area contributed by atoms with Crippen molar-refractivity contribution in [2.45, 2.75) is 37.4 Å². The molecular weight excluding hydrogens is 533 g/mol. The van der Waals surface area contributed by atoms with E-state index in [1.807, 2.05) is 6.07 Å². The Kier molecular flexibility index (Phi) is 6.97. The molecule has 4 heterocycles. The van der Waals surface area contributed by atoms with Gasteiger partial charge in [-0.05, 0) is 68.0 Å². The van der Waals surface area contributed by atoms with E-state index in [1.165, 1.54) is 19.2 Å². The summed E-state index contributed by atoms with van der Waals surface area (Å²) in [5, 5.41) is -0.177. The highest BCUT2D eigenvalue weighted by molar-refractivity contribution is 7.90. The van der Waals surface area contributed by atoms with E-state index in [1.54, 1.807) is 34.9 Å². The zero-order valence-corrected chi connectivity index (χ0v) is 22.9. The Morgan fingerprint density at radius 2 is 1.80 bits per heavy atom. The molecule has 1 aromatic carbocycles. The van der Waals surface area contributed by atoms with Crippen LogP contribution in [0.15, 0.2) is 48.8 Å². The van der Waals surface area contributed by atoms with Crippen LogP contribution in [-0.4, -0.2) is 63.1 Å². The lowest BCUT2D eigenvalue weighted by Gasteiger charge is -2.31. The number of pyridine rings is 1. The number of nitrogens with two attached hydrogens (primary N) is 1. The van der Waals surface area contributed by atoms with Crippen molar-refractivity contribution >= 4 is 15.8 Å². The first-order chi connectivity index (χ1) is 19.3. The number of H-pyrrole nitrogens is 1. The molecule has 208 valence electrons. The third-order valence-electron chi connectivity index (χ3n) is 7.51. The molecule has 2 aliphatic rings. The number of sulfonamides is 1. The summed E-state index contributed by atoms with van der Waals surface area (Å²) in [6, 6.07) is 9.66. The van der Waals surface area contributed by atoms with Gasteiger partial charge in [0.1, 0.15) is 23.2 Å². The minimum Gasteiger partial charge on any atom is -0.493 e. The number of halogens is 1. The number of hydrogen-bond donors (Lipinski definition) is 2. The Morgan fingerprint density at radius 3 is 2.50 bits per heavy atom. The van der Waals surface area contributed by atoms with Crippen LogP contribution in [0, 0.1) is 11.7 Å². The molecule has 4 aromatic rings. The molecule has 0 bridgehead atoms. The summed E-state index contributed by atoms with van der Waals surface area (Å²) in [6.07, 6.45) is 7.10. The number of benzene rings is 1. The first kappa shape index (κ1) is 26.3. The van der Waals surface area contributed by atoms with Crippen LogP contribution in [0.5, 0.6) is 5.75 Å². The molecule has 1 aliphatic carbocycles. The third-order valence-corrected chi connectivity index (χ3v) is 9.91. The number of aromatic amines is 1. The molecule has 3 N–H and O–H groups in total. The van der Waals surface area contributed by atoms with Gasteiger partial charge in [-0.15, -0.1) is 0 Å². The molecule has 0 spiro atoms. The van der Waals surface area contributed by atoms with E-state index < -0.39 is 10.0 Å². The predicted molar refractivity (Wildman–Crippen MR) is 149 cm³/mol. The van der Waals surface area contributed by atoms with Gasteiger partial charge in [0.2, 0.25) is 10.0 Å². The molecule has 12 heteroatoms. The van der Waals surface area contributed by atoms with Crippen LogP contribution in [0.1, 0.15) is 31.5 Å². The van der Waals surface area contributed by atoms with Crippen LogP contribution >= 0.6 is 0 Å². The maximum absolute atomic E-state index is 13.6. The number of hydrogen-bond acceptors (Lipinski definition) is 8. The van der Waals surface area contributed by atoms with Crippen molar-refractivity contribution in [3.63, 3.8) is 0 Å². The van der Waals surface area contributed by atoms with Gasteiger partial charge in [0, 0.05) is 43.0 Å². The highest BCUT2D eigenvalue weighted by Gasteiger charge is 2.41. The molecule has 0 amide bonds. The second-order valence-electron chi connectivity index (χ2n) is 10.3. The molecular formula is C28H30FN7O3S. The van der Waals surface area contributed by atoms with Crippen molar-refractivity contribution in [3.05, 3.63) is 60.4 Å². The molecule has 0 atom stereocenters. The number of aromatic nitrogens is 5.